The van der Waals surface area contributed by atoms with E-state index >= 15 is 0 Å². The van der Waals surface area contributed by atoms with Gasteiger partial charge in [0.15, 0.2) is 5.25 Å². The minimum absolute atomic E-state index is 0. The molecule has 0 aliphatic rings. The molecule has 18 heavy (non-hydrogen) atoms. The Morgan fingerprint density at radius 2 is 1.56 bits per heavy atom. The Kier molecular flexibility index (Phi) is 13.3. The van der Waals surface area contributed by atoms with Crippen LogP contribution < -0.4 is 0 Å². The molecule has 0 saturated heterocycles. The van der Waals surface area contributed by atoms with Gasteiger partial charge < -0.3 is 20.4 Å². The number of hydrogen-bond donors (Lipinski definition) is 3. The number of aliphatic carboxylic acids is 2. The molecule has 1 atom stereocenters. The van der Waals surface area contributed by atoms with Gasteiger partial charge in [0.05, 0.1) is 6.42 Å². The van der Waals surface area contributed by atoms with Gasteiger partial charge in [0.2, 0.25) is 0 Å². The van der Waals surface area contributed by atoms with Gasteiger partial charge in [0.25, 0.3) is 10.1 Å². The van der Waals surface area contributed by atoms with Crippen molar-refractivity contribution in [3.63, 3.8) is 0 Å². The second-order valence-corrected chi connectivity index (χ2v) is 4.32. The van der Waals surface area contributed by atoms with Crippen LogP contribution in [0.5, 0.6) is 0 Å². The number of carbonyl (C=O) groups is 2. The molecule has 0 aromatic rings. The normalized spacial score (nSPS) is 11.5. The maximum Gasteiger partial charge on any atom is 0.325 e. The highest BCUT2D eigenvalue weighted by Gasteiger charge is 2.33. The molecule has 0 rings (SSSR count). The van der Waals surface area contributed by atoms with Crippen molar-refractivity contribution in [2.75, 3.05) is 13.2 Å². The molecule has 0 bridgehead atoms. The summed E-state index contributed by atoms with van der Waals surface area (Å²) in [6.07, 6.45) is -1.16. The number of hydrogen-bond acceptors (Lipinski definition) is 5. The van der Waals surface area contributed by atoms with Gasteiger partial charge in [-0.3, -0.25) is 14.1 Å². The smallest absolute Gasteiger partial charge is 0.325 e. The van der Waals surface area contributed by atoms with Crippen molar-refractivity contribution >= 4 is 22.1 Å². The molecule has 0 spiro atoms. The van der Waals surface area contributed by atoms with Crippen molar-refractivity contribution in [3.8, 4) is 0 Å². The second-order valence-electron chi connectivity index (χ2n) is 2.72. The van der Waals surface area contributed by atoms with E-state index in [1.54, 1.807) is 0 Å². The molecule has 0 heterocycles. The molecular weight excluding hydrogens is 272 g/mol. The standard InChI is InChI=1S/C4H6O7S.C4H10O.H2O/c5-3(6)1-2(4(7)8)12(9,10)11;1-3-5-4-2;/h2H,1H2,(H,5,6)(H,7,8)(H,9,10,11);3-4H2,1-2H3;1H2. The molecule has 1 unspecified atom stereocenters. The molecule has 0 fully saturated rings. The number of ether oxygens (including phenoxy) is 1. The summed E-state index contributed by atoms with van der Waals surface area (Å²) >= 11 is 0. The zero-order valence-corrected chi connectivity index (χ0v) is 10.8. The lowest BCUT2D eigenvalue weighted by molar-refractivity contribution is -0.143. The first-order valence-electron chi connectivity index (χ1n) is 4.65. The van der Waals surface area contributed by atoms with Gasteiger partial charge in [-0.2, -0.15) is 8.42 Å². The highest BCUT2D eigenvalue weighted by Crippen LogP contribution is 2.04. The van der Waals surface area contributed by atoms with E-state index in [0.29, 0.717) is 0 Å². The zero-order chi connectivity index (χ0) is 14.1. The Bertz CT molecular complexity index is 332. The van der Waals surface area contributed by atoms with Crippen molar-refractivity contribution in [2.45, 2.75) is 25.5 Å². The first-order valence-corrected chi connectivity index (χ1v) is 6.15. The van der Waals surface area contributed by atoms with Gasteiger partial charge in [0.1, 0.15) is 0 Å². The van der Waals surface area contributed by atoms with Crippen molar-refractivity contribution in [3.05, 3.63) is 0 Å². The van der Waals surface area contributed by atoms with Crippen LogP contribution in [0, 0.1) is 0 Å². The summed E-state index contributed by atoms with van der Waals surface area (Å²) in [4.78, 5) is 20.0. The molecular formula is C8H18O9S. The maximum atomic E-state index is 10.2. The lowest BCUT2D eigenvalue weighted by atomic mass is 10.3. The monoisotopic (exact) mass is 290 g/mol. The number of carboxylic acid groups (broad SMARTS) is 2. The van der Waals surface area contributed by atoms with Crippen LogP contribution in [0.3, 0.4) is 0 Å². The summed E-state index contributed by atoms with van der Waals surface area (Å²) < 4.78 is 33.5. The average molecular weight is 290 g/mol. The molecule has 0 aromatic carbocycles. The third-order valence-corrected chi connectivity index (χ3v) is 2.49. The van der Waals surface area contributed by atoms with Crippen LogP contribution in [0.15, 0.2) is 0 Å². The molecule has 0 amide bonds. The van der Waals surface area contributed by atoms with E-state index in [2.05, 4.69) is 0 Å². The van der Waals surface area contributed by atoms with Crippen LogP contribution in [-0.2, 0) is 24.4 Å². The van der Waals surface area contributed by atoms with E-state index in [1.165, 1.54) is 0 Å². The van der Waals surface area contributed by atoms with Crippen LogP contribution in [0.2, 0.25) is 0 Å². The summed E-state index contributed by atoms with van der Waals surface area (Å²) in [6, 6.07) is 0. The van der Waals surface area contributed by atoms with Crippen LogP contribution in [0.4, 0.5) is 0 Å². The van der Waals surface area contributed by atoms with Crippen LogP contribution in [0.1, 0.15) is 20.3 Å². The van der Waals surface area contributed by atoms with Crippen molar-refractivity contribution < 1.29 is 43.0 Å². The fourth-order valence-corrected chi connectivity index (χ4v) is 1.29. The van der Waals surface area contributed by atoms with Gasteiger partial charge in [-0.25, -0.2) is 0 Å². The fraction of sp³-hybridized carbons (Fsp3) is 0.750. The molecule has 5 N–H and O–H groups in total. The minimum Gasteiger partial charge on any atom is -0.481 e. The van der Waals surface area contributed by atoms with E-state index < -0.39 is 33.7 Å². The zero-order valence-electron chi connectivity index (χ0n) is 9.99. The largest absolute Gasteiger partial charge is 0.481 e. The first-order chi connectivity index (χ1) is 7.66. The van der Waals surface area contributed by atoms with Gasteiger partial charge in [-0.1, -0.05) is 0 Å². The molecule has 0 aliphatic carbocycles. The third-order valence-electron chi connectivity index (χ3n) is 1.40. The van der Waals surface area contributed by atoms with Crippen molar-refractivity contribution in [2.24, 2.45) is 0 Å². The van der Waals surface area contributed by atoms with Crippen LogP contribution in [-0.4, -0.2) is 59.1 Å². The van der Waals surface area contributed by atoms with Gasteiger partial charge >= 0.3 is 11.9 Å². The first kappa shape index (κ1) is 22.0. The lowest BCUT2D eigenvalue weighted by Gasteiger charge is -2.04. The Morgan fingerprint density at radius 1 is 1.17 bits per heavy atom. The van der Waals surface area contributed by atoms with E-state index in [9.17, 15) is 18.0 Å². The summed E-state index contributed by atoms with van der Waals surface area (Å²) in [5, 5.41) is 13.9. The molecule has 0 aromatic heterocycles. The van der Waals surface area contributed by atoms with E-state index in [1.807, 2.05) is 13.8 Å². The Balaban J connectivity index is -0.000000321. The number of rotatable bonds is 6. The average Bonchev–Trinajstić information content (AvgIpc) is 2.14. The van der Waals surface area contributed by atoms with E-state index in [4.69, 9.17) is 19.5 Å². The molecule has 9 nitrogen and oxygen atoms in total. The van der Waals surface area contributed by atoms with Crippen LogP contribution >= 0.6 is 0 Å². The van der Waals surface area contributed by atoms with Gasteiger partial charge in [-0.15, -0.1) is 0 Å². The topological polar surface area (TPSA) is 170 Å². The highest BCUT2D eigenvalue weighted by molar-refractivity contribution is 7.87. The Morgan fingerprint density at radius 3 is 1.61 bits per heavy atom. The molecule has 10 heteroatoms. The van der Waals surface area contributed by atoms with Gasteiger partial charge in [-0.05, 0) is 13.8 Å². The van der Waals surface area contributed by atoms with Crippen molar-refractivity contribution in [1.82, 2.24) is 0 Å². The van der Waals surface area contributed by atoms with Crippen molar-refractivity contribution in [1.29, 1.82) is 0 Å². The summed E-state index contributed by atoms with van der Waals surface area (Å²) in [7, 11) is -4.84. The molecule has 110 valence electrons. The van der Waals surface area contributed by atoms with Crippen LogP contribution in [0.25, 0.3) is 0 Å². The van der Waals surface area contributed by atoms with E-state index in [0.717, 1.165) is 13.2 Å². The predicted octanol–water partition coefficient (Wildman–Crippen LogP) is -0.980. The highest BCUT2D eigenvalue weighted by atomic mass is 32.2. The summed E-state index contributed by atoms with van der Waals surface area (Å²) in [5.74, 6) is -3.50. The fourth-order valence-electron chi connectivity index (χ4n) is 0.683. The summed E-state index contributed by atoms with van der Waals surface area (Å²) in [6.45, 7) is 5.67. The quantitative estimate of drug-likeness (QED) is 0.524. The number of carboxylic acids is 2. The van der Waals surface area contributed by atoms with Gasteiger partial charge in [0, 0.05) is 13.2 Å². The minimum atomic E-state index is -4.84. The summed E-state index contributed by atoms with van der Waals surface area (Å²) in [5.41, 5.74) is 0. The Hall–Kier alpha value is -1.23. The maximum absolute atomic E-state index is 10.2. The van der Waals surface area contributed by atoms with E-state index in [-0.39, 0.29) is 5.48 Å². The lowest BCUT2D eigenvalue weighted by Crippen LogP contribution is -2.31. The predicted molar refractivity (Wildman–Crippen MR) is 61.0 cm³/mol. The SMILES string of the molecule is CCOCC.O.O=C(O)CC(C(=O)O)S(=O)(=O)O. The molecule has 0 saturated carbocycles. The molecule has 0 radical (unpaired) electrons. The molecule has 0 aliphatic heterocycles. The second kappa shape index (κ2) is 10.9. The Labute approximate surface area is 104 Å². The third kappa shape index (κ3) is 12.8.